The molecular formula is C35H41F2N3O5. The Morgan fingerprint density at radius 3 is 2.42 bits per heavy atom. The first-order chi connectivity index (χ1) is 21.5. The normalized spacial score (nSPS) is 17.8. The maximum atomic E-state index is 14.3. The van der Waals surface area contributed by atoms with Crippen LogP contribution in [0.25, 0.3) is 11.0 Å². The van der Waals surface area contributed by atoms with Crippen molar-refractivity contribution in [2.45, 2.75) is 59.1 Å². The first kappa shape index (κ1) is 33.7. The number of nitrogens with two attached hydrogens (primary N) is 1. The van der Waals surface area contributed by atoms with Crippen LogP contribution < -0.4 is 16.5 Å². The van der Waals surface area contributed by atoms with Crippen LogP contribution in [0.3, 0.4) is 0 Å². The van der Waals surface area contributed by atoms with E-state index in [1.165, 1.54) is 6.26 Å². The van der Waals surface area contributed by atoms with E-state index in [0.29, 0.717) is 40.8 Å². The summed E-state index contributed by atoms with van der Waals surface area (Å²) in [7, 11) is 0. The van der Waals surface area contributed by atoms with Gasteiger partial charge in [-0.1, -0.05) is 43.7 Å². The zero-order valence-corrected chi connectivity index (χ0v) is 25.9. The molecule has 10 heteroatoms. The number of rotatable bonds is 14. The predicted octanol–water partition coefficient (Wildman–Crippen LogP) is 4.78. The van der Waals surface area contributed by atoms with Crippen molar-refractivity contribution < 1.29 is 27.9 Å². The van der Waals surface area contributed by atoms with E-state index in [9.17, 15) is 28.3 Å². The van der Waals surface area contributed by atoms with Gasteiger partial charge in [-0.05, 0) is 62.4 Å². The Balaban J connectivity index is 1.67. The first-order valence-electron chi connectivity index (χ1n) is 15.3. The third-order valence-electron chi connectivity index (χ3n) is 8.30. The smallest absolute Gasteiger partial charge is 0.249 e. The number of allylic oxidation sites excluding steroid dienone is 2. The van der Waals surface area contributed by atoms with Gasteiger partial charge in [0.25, 0.3) is 0 Å². The Morgan fingerprint density at radius 2 is 1.78 bits per heavy atom. The van der Waals surface area contributed by atoms with E-state index < -0.39 is 35.0 Å². The molecule has 0 saturated heterocycles. The van der Waals surface area contributed by atoms with Crippen LogP contribution in [0.15, 0.2) is 81.2 Å². The zero-order valence-electron chi connectivity index (χ0n) is 25.9. The second-order valence-corrected chi connectivity index (χ2v) is 11.8. The number of hydrogen-bond acceptors (Lipinski definition) is 6. The number of benzene rings is 2. The molecule has 3 aromatic rings. The lowest BCUT2D eigenvalue weighted by molar-refractivity contribution is -0.132. The van der Waals surface area contributed by atoms with Crippen molar-refractivity contribution in [1.29, 1.82) is 0 Å². The molecule has 240 valence electrons. The van der Waals surface area contributed by atoms with Gasteiger partial charge in [-0.25, -0.2) is 8.78 Å². The fourth-order valence-electron chi connectivity index (χ4n) is 6.30. The van der Waals surface area contributed by atoms with Crippen LogP contribution in [0.4, 0.5) is 8.78 Å². The van der Waals surface area contributed by atoms with E-state index >= 15 is 0 Å². The number of aliphatic hydroxyl groups excluding tert-OH is 1. The minimum absolute atomic E-state index is 0.0522. The van der Waals surface area contributed by atoms with Crippen molar-refractivity contribution >= 4 is 22.8 Å². The standard InChI is InChI=1S/C35H41F2N3O5/c1-4-10-40(11-5-2)33(43)24-12-22(3)17-35(18-24,34(38)44)29(15-23-13-26(36)16-27(37)14-23)30(41)20-39-19-25-21-45-31-9-7-6-8-28(31)32(25)42/h6-9,12-14,16-17,21,29-30,39,41H,4-5,10-11,15,18-20H2,1-3H3,(H2,38,44)/t29-,30+,35?/m1/s1. The minimum atomic E-state index is -1.56. The Labute approximate surface area is 261 Å². The van der Waals surface area contributed by atoms with Crippen LogP contribution in [-0.4, -0.2) is 47.6 Å². The number of carbonyl (C=O) groups is 2. The van der Waals surface area contributed by atoms with E-state index in [1.807, 2.05) is 13.8 Å². The molecule has 45 heavy (non-hydrogen) atoms. The molecule has 4 rings (SSSR count). The summed E-state index contributed by atoms with van der Waals surface area (Å²) in [6.45, 7) is 6.73. The maximum Gasteiger partial charge on any atom is 0.249 e. The quantitative estimate of drug-likeness (QED) is 0.238. The van der Waals surface area contributed by atoms with E-state index in [1.54, 1.807) is 48.2 Å². The summed E-state index contributed by atoms with van der Waals surface area (Å²) >= 11 is 0. The maximum absolute atomic E-state index is 14.3. The van der Waals surface area contributed by atoms with Crippen LogP contribution in [0.5, 0.6) is 0 Å². The summed E-state index contributed by atoms with van der Waals surface area (Å²) in [4.78, 5) is 41.8. The van der Waals surface area contributed by atoms with Gasteiger partial charge in [-0.3, -0.25) is 14.4 Å². The molecule has 0 radical (unpaired) electrons. The van der Waals surface area contributed by atoms with Gasteiger partial charge in [0.05, 0.1) is 23.2 Å². The third-order valence-corrected chi connectivity index (χ3v) is 8.30. The molecule has 1 unspecified atom stereocenters. The van der Waals surface area contributed by atoms with Gasteiger partial charge in [-0.2, -0.15) is 0 Å². The fourth-order valence-corrected chi connectivity index (χ4v) is 6.30. The summed E-state index contributed by atoms with van der Waals surface area (Å²) in [6, 6.07) is 9.90. The van der Waals surface area contributed by atoms with Crippen molar-refractivity contribution in [3.8, 4) is 0 Å². The minimum Gasteiger partial charge on any atom is -0.464 e. The van der Waals surface area contributed by atoms with Crippen LogP contribution in [0.2, 0.25) is 0 Å². The summed E-state index contributed by atoms with van der Waals surface area (Å²) in [5.74, 6) is -3.58. The topological polar surface area (TPSA) is 126 Å². The predicted molar refractivity (Wildman–Crippen MR) is 169 cm³/mol. The molecule has 8 nitrogen and oxygen atoms in total. The van der Waals surface area contributed by atoms with Crippen molar-refractivity contribution in [2.24, 2.45) is 17.1 Å². The monoisotopic (exact) mass is 621 g/mol. The number of para-hydroxylation sites is 1. The van der Waals surface area contributed by atoms with Crippen molar-refractivity contribution in [1.82, 2.24) is 10.2 Å². The lowest BCUT2D eigenvalue weighted by Gasteiger charge is -2.42. The second kappa shape index (κ2) is 14.8. The lowest BCUT2D eigenvalue weighted by atomic mass is 9.63. The van der Waals surface area contributed by atoms with Crippen LogP contribution in [-0.2, 0) is 22.6 Å². The van der Waals surface area contributed by atoms with Crippen molar-refractivity contribution in [2.75, 3.05) is 19.6 Å². The van der Waals surface area contributed by atoms with Gasteiger partial charge in [0.2, 0.25) is 11.8 Å². The zero-order chi connectivity index (χ0) is 32.7. The molecule has 4 N–H and O–H groups in total. The molecule has 0 bridgehead atoms. The Kier molecular flexibility index (Phi) is 11.1. The highest BCUT2D eigenvalue weighted by Gasteiger charge is 2.48. The number of nitrogens with zero attached hydrogens (tertiary/aromatic N) is 1. The first-order valence-corrected chi connectivity index (χ1v) is 15.3. The van der Waals surface area contributed by atoms with Gasteiger partial charge in [0.15, 0.2) is 5.43 Å². The lowest BCUT2D eigenvalue weighted by Crippen LogP contribution is -2.51. The summed E-state index contributed by atoms with van der Waals surface area (Å²) in [6.07, 6.45) is 4.76. The molecule has 2 aromatic carbocycles. The van der Waals surface area contributed by atoms with Crippen molar-refractivity contribution in [3.63, 3.8) is 0 Å². The number of carbonyl (C=O) groups excluding carboxylic acids is 2. The van der Waals surface area contributed by atoms with E-state index in [0.717, 1.165) is 31.0 Å². The molecule has 1 aliphatic rings. The third kappa shape index (κ3) is 7.75. The number of hydrogen-bond donors (Lipinski definition) is 3. The molecule has 0 saturated carbocycles. The number of primary amides is 1. The molecule has 0 aliphatic heterocycles. The number of halogens is 2. The Hall–Kier alpha value is -4.15. The molecule has 0 fully saturated rings. The highest BCUT2D eigenvalue weighted by molar-refractivity contribution is 5.97. The van der Waals surface area contributed by atoms with E-state index in [-0.39, 0.29) is 42.8 Å². The van der Waals surface area contributed by atoms with E-state index in [2.05, 4.69) is 5.32 Å². The highest BCUT2D eigenvalue weighted by atomic mass is 19.1. The molecule has 1 heterocycles. The largest absolute Gasteiger partial charge is 0.464 e. The molecule has 1 aliphatic carbocycles. The fraction of sp³-hybridized carbons (Fsp3) is 0.400. The number of amides is 2. The van der Waals surface area contributed by atoms with Gasteiger partial charge in [0, 0.05) is 49.3 Å². The molecule has 0 spiro atoms. The van der Waals surface area contributed by atoms with Gasteiger partial charge >= 0.3 is 0 Å². The van der Waals surface area contributed by atoms with Gasteiger partial charge in [-0.15, -0.1) is 0 Å². The summed E-state index contributed by atoms with van der Waals surface area (Å²) in [5.41, 5.74) is 6.32. The number of fused-ring (bicyclic) bond motifs is 1. The Bertz CT molecular complexity index is 1640. The molecule has 1 aromatic heterocycles. The Morgan fingerprint density at radius 1 is 1.11 bits per heavy atom. The summed E-state index contributed by atoms with van der Waals surface area (Å²) in [5, 5.41) is 15.2. The van der Waals surface area contributed by atoms with E-state index in [4.69, 9.17) is 10.2 Å². The average molecular weight is 622 g/mol. The van der Waals surface area contributed by atoms with Crippen LogP contribution in [0.1, 0.15) is 51.2 Å². The van der Waals surface area contributed by atoms with Gasteiger partial charge in [0.1, 0.15) is 17.2 Å². The highest BCUT2D eigenvalue weighted by Crippen LogP contribution is 2.44. The molecule has 2 amide bonds. The number of aliphatic hydroxyl groups is 1. The van der Waals surface area contributed by atoms with Gasteiger partial charge < -0.3 is 25.5 Å². The number of nitrogens with one attached hydrogen (secondary N) is 1. The molecular weight excluding hydrogens is 580 g/mol. The van der Waals surface area contributed by atoms with Crippen LogP contribution in [0, 0.1) is 23.0 Å². The summed E-state index contributed by atoms with van der Waals surface area (Å²) < 4.78 is 34.1. The average Bonchev–Trinajstić information content (AvgIpc) is 2.99. The SMILES string of the molecule is CCCN(CCC)C(=O)C1=CC(C)=CC(C(N)=O)([C@H](Cc2cc(F)cc(F)c2)[C@@H](O)CNCc2coc3ccccc3c2=O)C1. The van der Waals surface area contributed by atoms with Crippen LogP contribution >= 0.6 is 0 Å². The molecule has 3 atom stereocenters. The second-order valence-electron chi connectivity index (χ2n) is 11.8. The van der Waals surface area contributed by atoms with Crippen molar-refractivity contribution in [3.05, 3.63) is 105 Å².